The number of carbonyl (C=O) groups excluding carboxylic acids is 2. The molecule has 4 nitrogen and oxygen atoms in total. The summed E-state index contributed by atoms with van der Waals surface area (Å²) in [6.45, 7) is 12.7. The zero-order valence-electron chi connectivity index (χ0n) is 13.8. The third-order valence-electron chi connectivity index (χ3n) is 2.14. The van der Waals surface area contributed by atoms with Gasteiger partial charge in [0.2, 0.25) is 0 Å². The van der Waals surface area contributed by atoms with Crippen molar-refractivity contribution in [2.75, 3.05) is 0 Å². The summed E-state index contributed by atoms with van der Waals surface area (Å²) < 4.78 is 10.5. The van der Waals surface area contributed by atoms with Crippen molar-refractivity contribution in [3.63, 3.8) is 0 Å². The van der Waals surface area contributed by atoms with E-state index in [1.165, 1.54) is 0 Å². The second kappa shape index (κ2) is 7.46. The fourth-order valence-corrected chi connectivity index (χ4v) is 1.37. The molecule has 0 aromatic rings. The van der Waals surface area contributed by atoms with Gasteiger partial charge in [-0.15, -0.1) is 0 Å². The first-order valence-electron chi connectivity index (χ1n) is 7.13. The van der Waals surface area contributed by atoms with Crippen molar-refractivity contribution < 1.29 is 19.1 Å². The van der Waals surface area contributed by atoms with Gasteiger partial charge in [0.1, 0.15) is 16.8 Å². The molecule has 0 atom stereocenters. The quantitative estimate of drug-likeness (QED) is 0.253. The Labute approximate surface area is 122 Å². The van der Waals surface area contributed by atoms with E-state index in [0.29, 0.717) is 6.42 Å². The zero-order valence-corrected chi connectivity index (χ0v) is 13.8. The smallest absolute Gasteiger partial charge is 0.345 e. The minimum atomic E-state index is -0.636. The lowest BCUT2D eigenvalue weighted by molar-refractivity contribution is -0.158. The molecule has 0 bridgehead atoms. The van der Waals surface area contributed by atoms with Gasteiger partial charge in [-0.05, 0) is 48.0 Å². The van der Waals surface area contributed by atoms with E-state index in [-0.39, 0.29) is 5.57 Å². The Morgan fingerprint density at radius 3 is 1.60 bits per heavy atom. The van der Waals surface area contributed by atoms with E-state index in [4.69, 9.17) is 9.47 Å². The van der Waals surface area contributed by atoms with Gasteiger partial charge in [-0.1, -0.05) is 25.8 Å². The van der Waals surface area contributed by atoms with Crippen molar-refractivity contribution >= 4 is 11.9 Å². The Bertz CT molecular complexity index is 337. The second-order valence-electron chi connectivity index (χ2n) is 6.76. The third kappa shape index (κ3) is 8.73. The first kappa shape index (κ1) is 18.7. The standard InChI is InChI=1S/C16H28O4/c1-8-9-10-11-12(13(17)19-15(2,3)4)14(18)20-16(5,6)7/h11H,8-10H2,1-7H3. The summed E-state index contributed by atoms with van der Waals surface area (Å²) in [6, 6.07) is 0. The zero-order chi connectivity index (χ0) is 16.0. The lowest BCUT2D eigenvalue weighted by atomic mass is 10.1. The Balaban J connectivity index is 5.03. The summed E-state index contributed by atoms with van der Waals surface area (Å²) in [7, 11) is 0. The normalized spacial score (nSPS) is 11.8. The van der Waals surface area contributed by atoms with Crippen LogP contribution in [0.4, 0.5) is 0 Å². The average Bonchev–Trinajstić information content (AvgIpc) is 2.18. The molecule has 0 aliphatic rings. The van der Waals surface area contributed by atoms with Gasteiger partial charge in [0, 0.05) is 0 Å². The minimum Gasteiger partial charge on any atom is -0.456 e. The highest BCUT2D eigenvalue weighted by atomic mass is 16.6. The first-order chi connectivity index (χ1) is 8.96. The van der Waals surface area contributed by atoms with Gasteiger partial charge in [0.05, 0.1) is 0 Å². The monoisotopic (exact) mass is 284 g/mol. The van der Waals surface area contributed by atoms with Crippen LogP contribution < -0.4 is 0 Å². The molecule has 0 saturated heterocycles. The molecule has 0 fully saturated rings. The van der Waals surface area contributed by atoms with E-state index in [9.17, 15) is 9.59 Å². The lowest BCUT2D eigenvalue weighted by Crippen LogP contribution is -2.31. The van der Waals surface area contributed by atoms with Gasteiger partial charge in [-0.25, -0.2) is 9.59 Å². The predicted octanol–water partition coefficient (Wildman–Crippen LogP) is 3.79. The fraction of sp³-hybridized carbons (Fsp3) is 0.750. The Morgan fingerprint density at radius 2 is 1.30 bits per heavy atom. The van der Waals surface area contributed by atoms with Crippen LogP contribution in [0.5, 0.6) is 0 Å². The summed E-state index contributed by atoms with van der Waals surface area (Å²) in [6.07, 6.45) is 4.18. The van der Waals surface area contributed by atoms with Gasteiger partial charge in [-0.3, -0.25) is 0 Å². The molecule has 0 aliphatic heterocycles. The Morgan fingerprint density at radius 1 is 0.900 bits per heavy atom. The van der Waals surface area contributed by atoms with Crippen LogP contribution in [0.3, 0.4) is 0 Å². The fourth-order valence-electron chi connectivity index (χ4n) is 1.37. The molecule has 0 saturated carbocycles. The first-order valence-corrected chi connectivity index (χ1v) is 7.13. The van der Waals surface area contributed by atoms with E-state index in [1.54, 1.807) is 47.6 Å². The van der Waals surface area contributed by atoms with Gasteiger partial charge in [0.15, 0.2) is 0 Å². The minimum absolute atomic E-state index is 0.0108. The molecule has 0 aromatic carbocycles. The molecule has 116 valence electrons. The number of esters is 2. The maximum absolute atomic E-state index is 12.1. The van der Waals surface area contributed by atoms with E-state index in [2.05, 4.69) is 6.92 Å². The molecule has 0 rings (SSSR count). The van der Waals surface area contributed by atoms with Crippen LogP contribution in [-0.4, -0.2) is 23.1 Å². The predicted molar refractivity (Wildman–Crippen MR) is 79.3 cm³/mol. The van der Waals surface area contributed by atoms with Crippen LogP contribution in [0.1, 0.15) is 67.7 Å². The lowest BCUT2D eigenvalue weighted by Gasteiger charge is -2.23. The number of rotatable bonds is 5. The molecule has 0 aliphatic carbocycles. The van der Waals surface area contributed by atoms with Crippen molar-refractivity contribution in [3.05, 3.63) is 11.6 Å². The molecule has 0 radical (unpaired) electrons. The molecule has 0 amide bonds. The highest BCUT2D eigenvalue weighted by Gasteiger charge is 2.28. The summed E-state index contributed by atoms with van der Waals surface area (Å²) in [4.78, 5) is 24.2. The van der Waals surface area contributed by atoms with Crippen LogP contribution >= 0.6 is 0 Å². The van der Waals surface area contributed by atoms with Gasteiger partial charge in [0.25, 0.3) is 0 Å². The Hall–Kier alpha value is -1.32. The van der Waals surface area contributed by atoms with Crippen molar-refractivity contribution in [2.24, 2.45) is 0 Å². The van der Waals surface area contributed by atoms with E-state index >= 15 is 0 Å². The number of unbranched alkanes of at least 4 members (excludes halogenated alkanes) is 2. The van der Waals surface area contributed by atoms with Crippen LogP contribution in [0, 0.1) is 0 Å². The van der Waals surface area contributed by atoms with Crippen LogP contribution in [0.15, 0.2) is 11.6 Å². The van der Waals surface area contributed by atoms with Crippen molar-refractivity contribution in [1.82, 2.24) is 0 Å². The Kier molecular flexibility index (Phi) is 6.97. The van der Waals surface area contributed by atoms with Gasteiger partial charge < -0.3 is 9.47 Å². The molecule has 0 N–H and O–H groups in total. The molecule has 0 spiro atoms. The van der Waals surface area contributed by atoms with E-state index < -0.39 is 23.1 Å². The number of ether oxygens (including phenoxy) is 2. The van der Waals surface area contributed by atoms with Crippen LogP contribution in [-0.2, 0) is 19.1 Å². The van der Waals surface area contributed by atoms with Crippen LogP contribution in [0.2, 0.25) is 0 Å². The van der Waals surface area contributed by atoms with Gasteiger partial charge in [-0.2, -0.15) is 0 Å². The maximum atomic E-state index is 12.1. The largest absolute Gasteiger partial charge is 0.456 e. The number of hydrogen-bond acceptors (Lipinski definition) is 4. The SMILES string of the molecule is CCCCC=C(C(=O)OC(C)(C)C)C(=O)OC(C)(C)C. The molecule has 20 heavy (non-hydrogen) atoms. The van der Waals surface area contributed by atoms with E-state index in [0.717, 1.165) is 12.8 Å². The topological polar surface area (TPSA) is 52.6 Å². The summed E-state index contributed by atoms with van der Waals surface area (Å²) in [5.74, 6) is -1.24. The number of carbonyl (C=O) groups is 2. The van der Waals surface area contributed by atoms with E-state index in [1.807, 2.05) is 0 Å². The van der Waals surface area contributed by atoms with Crippen LogP contribution in [0.25, 0.3) is 0 Å². The summed E-state index contributed by atoms with van der Waals surface area (Å²) >= 11 is 0. The molecular weight excluding hydrogens is 256 g/mol. The highest BCUT2D eigenvalue weighted by molar-refractivity contribution is 6.14. The number of hydrogen-bond donors (Lipinski definition) is 0. The highest BCUT2D eigenvalue weighted by Crippen LogP contribution is 2.16. The second-order valence-corrected chi connectivity index (χ2v) is 6.76. The molecule has 0 unspecified atom stereocenters. The third-order valence-corrected chi connectivity index (χ3v) is 2.14. The van der Waals surface area contributed by atoms with Crippen molar-refractivity contribution in [2.45, 2.75) is 78.9 Å². The van der Waals surface area contributed by atoms with Crippen molar-refractivity contribution in [1.29, 1.82) is 0 Å². The maximum Gasteiger partial charge on any atom is 0.345 e. The van der Waals surface area contributed by atoms with Gasteiger partial charge >= 0.3 is 11.9 Å². The molecular formula is C16H28O4. The number of allylic oxidation sites excluding steroid dienone is 1. The van der Waals surface area contributed by atoms with Crippen molar-refractivity contribution in [3.8, 4) is 0 Å². The summed E-state index contributed by atoms with van der Waals surface area (Å²) in [5, 5.41) is 0. The molecule has 4 heteroatoms. The average molecular weight is 284 g/mol. The molecule has 0 aromatic heterocycles. The summed E-state index contributed by atoms with van der Waals surface area (Å²) in [5.41, 5.74) is -1.28. The molecule has 0 heterocycles.